The SMILES string of the molecule is COc1ccc(OC)c(C(C)NS(=O)(=O)c2cc(F)cc(F)c2)c1. The van der Waals surface area contributed by atoms with Crippen molar-refractivity contribution in [2.75, 3.05) is 14.2 Å². The molecule has 8 heteroatoms. The van der Waals surface area contributed by atoms with E-state index in [1.807, 2.05) is 0 Å². The standard InChI is InChI=1S/C16H17F2NO4S/c1-10(15-9-13(22-2)4-5-16(15)23-3)19-24(20,21)14-7-11(17)6-12(18)8-14/h4-10,19H,1-3H3. The Morgan fingerprint density at radius 3 is 2.17 bits per heavy atom. The third-order valence-corrected chi connectivity index (χ3v) is 4.90. The van der Waals surface area contributed by atoms with E-state index in [0.717, 1.165) is 12.1 Å². The van der Waals surface area contributed by atoms with Crippen LogP contribution in [0.2, 0.25) is 0 Å². The van der Waals surface area contributed by atoms with Crippen LogP contribution in [0.25, 0.3) is 0 Å². The molecule has 130 valence electrons. The molecule has 0 aliphatic rings. The summed E-state index contributed by atoms with van der Waals surface area (Å²) in [5.41, 5.74) is 0.525. The van der Waals surface area contributed by atoms with Crippen molar-refractivity contribution in [2.45, 2.75) is 17.9 Å². The second-order valence-electron chi connectivity index (χ2n) is 5.06. The summed E-state index contributed by atoms with van der Waals surface area (Å²) in [7, 11) is -1.19. The minimum atomic E-state index is -4.12. The molecule has 0 spiro atoms. The molecule has 1 atom stereocenters. The minimum absolute atomic E-state index is 0.455. The van der Waals surface area contributed by atoms with E-state index in [0.29, 0.717) is 23.1 Å². The molecule has 2 aromatic rings. The topological polar surface area (TPSA) is 64.6 Å². The van der Waals surface area contributed by atoms with Gasteiger partial charge in [0.05, 0.1) is 19.1 Å². The molecule has 1 N–H and O–H groups in total. The molecule has 0 saturated carbocycles. The van der Waals surface area contributed by atoms with E-state index >= 15 is 0 Å². The Morgan fingerprint density at radius 1 is 1.00 bits per heavy atom. The Labute approximate surface area is 139 Å². The molecule has 0 aliphatic carbocycles. The van der Waals surface area contributed by atoms with Crippen molar-refractivity contribution in [1.29, 1.82) is 0 Å². The van der Waals surface area contributed by atoms with E-state index in [1.54, 1.807) is 25.1 Å². The van der Waals surface area contributed by atoms with Gasteiger partial charge in [-0.25, -0.2) is 21.9 Å². The summed E-state index contributed by atoms with van der Waals surface area (Å²) in [6.07, 6.45) is 0. The van der Waals surface area contributed by atoms with Gasteiger partial charge in [-0.15, -0.1) is 0 Å². The van der Waals surface area contributed by atoms with Gasteiger partial charge in [-0.3, -0.25) is 0 Å². The predicted octanol–water partition coefficient (Wildman–Crippen LogP) is 3.02. The lowest BCUT2D eigenvalue weighted by molar-refractivity contribution is 0.395. The number of hydrogen-bond acceptors (Lipinski definition) is 4. The van der Waals surface area contributed by atoms with Crippen LogP contribution < -0.4 is 14.2 Å². The molecule has 5 nitrogen and oxygen atoms in total. The summed E-state index contributed by atoms with van der Waals surface area (Å²) in [6.45, 7) is 1.59. The Hall–Kier alpha value is -2.19. The van der Waals surface area contributed by atoms with Crippen molar-refractivity contribution in [2.24, 2.45) is 0 Å². The monoisotopic (exact) mass is 357 g/mol. The van der Waals surface area contributed by atoms with Crippen molar-refractivity contribution in [3.63, 3.8) is 0 Å². The van der Waals surface area contributed by atoms with Gasteiger partial charge in [-0.2, -0.15) is 0 Å². The van der Waals surface area contributed by atoms with Crippen molar-refractivity contribution in [3.05, 3.63) is 53.6 Å². The molecule has 24 heavy (non-hydrogen) atoms. The highest BCUT2D eigenvalue weighted by atomic mass is 32.2. The van der Waals surface area contributed by atoms with Crippen LogP contribution >= 0.6 is 0 Å². The number of nitrogens with one attached hydrogen (secondary N) is 1. The lowest BCUT2D eigenvalue weighted by Gasteiger charge is -2.18. The molecule has 0 fully saturated rings. The maximum absolute atomic E-state index is 13.3. The zero-order valence-corrected chi connectivity index (χ0v) is 14.2. The van der Waals surface area contributed by atoms with E-state index in [4.69, 9.17) is 9.47 Å². The highest BCUT2D eigenvalue weighted by Crippen LogP contribution is 2.30. The molecule has 0 heterocycles. The lowest BCUT2D eigenvalue weighted by atomic mass is 10.1. The molecule has 0 aromatic heterocycles. The number of ether oxygens (including phenoxy) is 2. The lowest BCUT2D eigenvalue weighted by Crippen LogP contribution is -2.27. The number of halogens is 2. The summed E-state index contributed by atoms with van der Waals surface area (Å²) in [5, 5.41) is 0. The fourth-order valence-electron chi connectivity index (χ4n) is 2.23. The van der Waals surface area contributed by atoms with Gasteiger partial charge < -0.3 is 9.47 Å². The number of rotatable bonds is 6. The minimum Gasteiger partial charge on any atom is -0.497 e. The van der Waals surface area contributed by atoms with Gasteiger partial charge in [0.2, 0.25) is 10.0 Å². The summed E-state index contributed by atoms with van der Waals surface area (Å²) < 4.78 is 64.0. The first-order valence-electron chi connectivity index (χ1n) is 6.97. The molecule has 0 bridgehead atoms. The zero-order valence-electron chi connectivity index (χ0n) is 13.3. The predicted molar refractivity (Wildman–Crippen MR) is 84.6 cm³/mol. The number of hydrogen-bond donors (Lipinski definition) is 1. The molecule has 0 saturated heterocycles. The van der Waals surface area contributed by atoms with Crippen LogP contribution in [0, 0.1) is 11.6 Å². The molecule has 0 amide bonds. The maximum Gasteiger partial charge on any atom is 0.241 e. The highest BCUT2D eigenvalue weighted by Gasteiger charge is 2.22. The van der Waals surface area contributed by atoms with Crippen LogP contribution in [0.4, 0.5) is 8.78 Å². The van der Waals surface area contributed by atoms with Crippen LogP contribution in [0.3, 0.4) is 0 Å². The normalized spacial score (nSPS) is 12.7. The van der Waals surface area contributed by atoms with Gasteiger partial charge in [0.25, 0.3) is 0 Å². The smallest absolute Gasteiger partial charge is 0.241 e. The van der Waals surface area contributed by atoms with E-state index in [2.05, 4.69) is 4.72 Å². The third-order valence-electron chi connectivity index (χ3n) is 3.38. The first-order valence-corrected chi connectivity index (χ1v) is 8.45. The van der Waals surface area contributed by atoms with Gasteiger partial charge in [0.15, 0.2) is 0 Å². The summed E-state index contributed by atoms with van der Waals surface area (Å²) in [4.78, 5) is -0.492. The van der Waals surface area contributed by atoms with Gasteiger partial charge in [-0.05, 0) is 37.3 Å². The Morgan fingerprint density at radius 2 is 1.62 bits per heavy atom. The summed E-state index contributed by atoms with van der Waals surface area (Å²) >= 11 is 0. The largest absolute Gasteiger partial charge is 0.497 e. The fraction of sp³-hybridized carbons (Fsp3) is 0.250. The number of benzene rings is 2. The number of methoxy groups -OCH3 is 2. The Bertz CT molecular complexity index is 820. The van der Waals surface area contributed by atoms with Gasteiger partial charge >= 0.3 is 0 Å². The third kappa shape index (κ3) is 4.01. The Balaban J connectivity index is 2.36. The summed E-state index contributed by atoms with van der Waals surface area (Å²) in [6, 6.07) is 6.33. The van der Waals surface area contributed by atoms with Crippen molar-refractivity contribution < 1.29 is 26.7 Å². The van der Waals surface area contributed by atoms with Crippen molar-refractivity contribution >= 4 is 10.0 Å². The van der Waals surface area contributed by atoms with Crippen LogP contribution in [0.1, 0.15) is 18.5 Å². The average Bonchev–Trinajstić information content (AvgIpc) is 2.52. The van der Waals surface area contributed by atoms with Gasteiger partial charge in [0, 0.05) is 17.7 Å². The molecule has 0 aliphatic heterocycles. The zero-order chi connectivity index (χ0) is 17.9. The average molecular weight is 357 g/mol. The van der Waals surface area contributed by atoms with Crippen molar-refractivity contribution in [3.8, 4) is 11.5 Å². The summed E-state index contributed by atoms with van der Waals surface area (Å²) in [5.74, 6) is -0.964. The molecular weight excluding hydrogens is 340 g/mol. The van der Waals surface area contributed by atoms with Crippen LogP contribution in [-0.4, -0.2) is 22.6 Å². The van der Waals surface area contributed by atoms with Gasteiger partial charge in [-0.1, -0.05) is 0 Å². The number of sulfonamides is 1. The maximum atomic E-state index is 13.3. The van der Waals surface area contributed by atoms with E-state index < -0.39 is 32.6 Å². The quantitative estimate of drug-likeness (QED) is 0.863. The van der Waals surface area contributed by atoms with E-state index in [-0.39, 0.29) is 0 Å². The van der Waals surface area contributed by atoms with Crippen LogP contribution in [0.5, 0.6) is 11.5 Å². The fourth-order valence-corrected chi connectivity index (χ4v) is 3.49. The van der Waals surface area contributed by atoms with Crippen LogP contribution in [-0.2, 0) is 10.0 Å². The first kappa shape index (κ1) is 18.2. The van der Waals surface area contributed by atoms with E-state index in [9.17, 15) is 17.2 Å². The van der Waals surface area contributed by atoms with Crippen LogP contribution in [0.15, 0.2) is 41.3 Å². The first-order chi connectivity index (χ1) is 11.3. The molecular formula is C16H17F2NO4S. The highest BCUT2D eigenvalue weighted by molar-refractivity contribution is 7.89. The molecule has 0 radical (unpaired) electrons. The second kappa shape index (κ2) is 7.14. The molecule has 2 aromatic carbocycles. The Kier molecular flexibility index (Phi) is 5.40. The molecule has 2 rings (SSSR count). The van der Waals surface area contributed by atoms with Gasteiger partial charge in [0.1, 0.15) is 23.1 Å². The molecule has 1 unspecified atom stereocenters. The van der Waals surface area contributed by atoms with Crippen molar-refractivity contribution in [1.82, 2.24) is 4.72 Å². The second-order valence-corrected chi connectivity index (χ2v) is 6.77. The van der Waals surface area contributed by atoms with E-state index in [1.165, 1.54) is 14.2 Å².